The Morgan fingerprint density at radius 3 is 2.21 bits per heavy atom. The Balaban J connectivity index is 1.72. The minimum absolute atomic E-state index is 0.135. The first-order valence-electron chi connectivity index (χ1n) is 10.5. The van der Waals surface area contributed by atoms with E-state index in [-0.39, 0.29) is 23.7 Å². The van der Waals surface area contributed by atoms with Crippen LogP contribution in [-0.2, 0) is 27.1 Å². The Kier molecular flexibility index (Phi) is 8.16. The third kappa shape index (κ3) is 5.39. The predicted molar refractivity (Wildman–Crippen MR) is 122 cm³/mol. The highest BCUT2D eigenvalue weighted by molar-refractivity contribution is 7.17. The number of rotatable bonds is 9. The average Bonchev–Trinajstić information content (AvgIpc) is 3.19. The fraction of sp³-hybridized carbons (Fsp3) is 0.435. The van der Waals surface area contributed by atoms with Gasteiger partial charge < -0.3 is 29.0 Å². The molecule has 0 atom stereocenters. The minimum Gasteiger partial charge on any atom is -0.493 e. The number of amides is 1. The van der Waals surface area contributed by atoms with Crippen LogP contribution in [-0.4, -0.2) is 52.4 Å². The standard InChI is InChI=1S/C23H27NO8S/c1-5-31-23(27)19-14-8-6-7-9-17(14)33-21(19)24-18(25)12-32-22(26)13-10-15(28-2)20(30-4)16(11-13)29-3/h10-11H,5-9,12H2,1-4H3,(H,24,25). The molecule has 1 N–H and O–H groups in total. The van der Waals surface area contributed by atoms with Crippen molar-refractivity contribution in [2.24, 2.45) is 0 Å². The SMILES string of the molecule is CCOC(=O)c1c(NC(=O)COC(=O)c2cc(OC)c(OC)c(OC)c2)sc2c1CCCC2. The van der Waals surface area contributed by atoms with E-state index in [4.69, 9.17) is 23.7 Å². The number of carbonyl (C=O) groups excluding carboxylic acids is 3. The second kappa shape index (κ2) is 11.0. The molecule has 33 heavy (non-hydrogen) atoms. The molecule has 10 heteroatoms. The zero-order valence-corrected chi connectivity index (χ0v) is 19.9. The number of thiophene rings is 1. The number of hydrogen-bond donors (Lipinski definition) is 1. The summed E-state index contributed by atoms with van der Waals surface area (Å²) in [6, 6.07) is 2.88. The van der Waals surface area contributed by atoms with Crippen LogP contribution < -0.4 is 19.5 Å². The smallest absolute Gasteiger partial charge is 0.341 e. The van der Waals surface area contributed by atoms with E-state index in [9.17, 15) is 14.4 Å². The molecular weight excluding hydrogens is 450 g/mol. The zero-order chi connectivity index (χ0) is 24.0. The average molecular weight is 478 g/mol. The van der Waals surface area contributed by atoms with E-state index in [2.05, 4.69) is 5.32 Å². The van der Waals surface area contributed by atoms with Crippen LogP contribution in [0.15, 0.2) is 12.1 Å². The summed E-state index contributed by atoms with van der Waals surface area (Å²) in [4.78, 5) is 38.7. The number of nitrogens with one attached hydrogen (secondary N) is 1. The largest absolute Gasteiger partial charge is 0.493 e. The Bertz CT molecular complexity index is 1020. The number of esters is 2. The van der Waals surface area contributed by atoms with Crippen molar-refractivity contribution >= 4 is 34.2 Å². The van der Waals surface area contributed by atoms with Crippen LogP contribution in [0.4, 0.5) is 5.00 Å². The number of hydrogen-bond acceptors (Lipinski definition) is 9. The third-order valence-corrected chi connectivity index (χ3v) is 6.35. The van der Waals surface area contributed by atoms with Gasteiger partial charge in [-0.25, -0.2) is 9.59 Å². The van der Waals surface area contributed by atoms with E-state index in [0.29, 0.717) is 16.3 Å². The molecule has 1 aliphatic carbocycles. The fourth-order valence-electron chi connectivity index (χ4n) is 3.65. The summed E-state index contributed by atoms with van der Waals surface area (Å²) in [5.74, 6) is -0.836. The maximum Gasteiger partial charge on any atom is 0.341 e. The highest BCUT2D eigenvalue weighted by Gasteiger charge is 2.27. The van der Waals surface area contributed by atoms with Gasteiger partial charge in [-0.3, -0.25) is 4.79 Å². The van der Waals surface area contributed by atoms with Gasteiger partial charge in [0.25, 0.3) is 5.91 Å². The van der Waals surface area contributed by atoms with Crippen molar-refractivity contribution in [2.45, 2.75) is 32.6 Å². The molecule has 1 aromatic heterocycles. The van der Waals surface area contributed by atoms with Crippen molar-refractivity contribution in [3.63, 3.8) is 0 Å². The monoisotopic (exact) mass is 477 g/mol. The van der Waals surface area contributed by atoms with E-state index in [1.54, 1.807) is 6.92 Å². The molecule has 0 aliphatic heterocycles. The van der Waals surface area contributed by atoms with Gasteiger partial charge >= 0.3 is 11.9 Å². The van der Waals surface area contributed by atoms with E-state index in [1.807, 2.05) is 0 Å². The summed E-state index contributed by atoms with van der Waals surface area (Å²) >= 11 is 1.37. The normalized spacial score (nSPS) is 12.4. The van der Waals surface area contributed by atoms with Crippen LogP contribution in [0.3, 0.4) is 0 Å². The van der Waals surface area contributed by atoms with Crippen molar-refractivity contribution in [1.29, 1.82) is 0 Å². The van der Waals surface area contributed by atoms with E-state index < -0.39 is 24.5 Å². The van der Waals surface area contributed by atoms with Gasteiger partial charge in [0, 0.05) is 4.88 Å². The third-order valence-electron chi connectivity index (χ3n) is 5.14. The Hall–Kier alpha value is -3.27. The molecule has 0 saturated carbocycles. The first kappa shape index (κ1) is 24.4. The maximum atomic E-state index is 12.5. The summed E-state index contributed by atoms with van der Waals surface area (Å²) in [6.45, 7) is 1.45. The van der Waals surface area contributed by atoms with Crippen LogP contribution in [0.5, 0.6) is 17.2 Å². The Morgan fingerprint density at radius 1 is 0.939 bits per heavy atom. The number of anilines is 1. The molecule has 1 aromatic carbocycles. The lowest BCUT2D eigenvalue weighted by Crippen LogP contribution is -2.22. The van der Waals surface area contributed by atoms with E-state index >= 15 is 0 Å². The van der Waals surface area contributed by atoms with Crippen LogP contribution in [0, 0.1) is 0 Å². The van der Waals surface area contributed by atoms with Gasteiger partial charge in [-0.2, -0.15) is 0 Å². The number of fused-ring (bicyclic) bond motifs is 1. The van der Waals surface area contributed by atoms with Crippen molar-refractivity contribution in [2.75, 3.05) is 39.9 Å². The van der Waals surface area contributed by atoms with Gasteiger partial charge in [0.2, 0.25) is 5.75 Å². The number of carbonyl (C=O) groups is 3. The number of ether oxygens (including phenoxy) is 5. The Labute approximate surface area is 195 Å². The van der Waals surface area contributed by atoms with Gasteiger partial charge in [-0.05, 0) is 50.3 Å². The zero-order valence-electron chi connectivity index (χ0n) is 19.1. The van der Waals surface area contributed by atoms with Gasteiger partial charge in [-0.1, -0.05) is 0 Å². The molecule has 0 spiro atoms. The molecule has 3 rings (SSSR count). The topological polar surface area (TPSA) is 109 Å². The lowest BCUT2D eigenvalue weighted by molar-refractivity contribution is -0.119. The lowest BCUT2D eigenvalue weighted by Gasteiger charge is -2.14. The van der Waals surface area contributed by atoms with Crippen molar-refractivity contribution in [3.05, 3.63) is 33.7 Å². The summed E-state index contributed by atoms with van der Waals surface area (Å²) < 4.78 is 26.1. The fourth-order valence-corrected chi connectivity index (χ4v) is 4.94. The van der Waals surface area contributed by atoms with Gasteiger partial charge in [0.1, 0.15) is 5.00 Å². The molecule has 178 valence electrons. The summed E-state index contributed by atoms with van der Waals surface area (Å²) in [5.41, 5.74) is 1.48. The molecule has 2 aromatic rings. The molecule has 1 amide bonds. The summed E-state index contributed by atoms with van der Waals surface area (Å²) in [7, 11) is 4.32. The number of aryl methyl sites for hydroxylation is 1. The van der Waals surface area contributed by atoms with Crippen molar-refractivity contribution in [3.8, 4) is 17.2 Å². The van der Waals surface area contributed by atoms with E-state index in [0.717, 1.165) is 36.1 Å². The van der Waals surface area contributed by atoms with Crippen LogP contribution in [0.1, 0.15) is 50.9 Å². The predicted octanol–water partition coefficient (Wildman–Crippen LogP) is 3.62. The molecule has 0 unspecified atom stereocenters. The van der Waals surface area contributed by atoms with Crippen LogP contribution >= 0.6 is 11.3 Å². The molecule has 1 aliphatic rings. The lowest BCUT2D eigenvalue weighted by atomic mass is 9.95. The maximum absolute atomic E-state index is 12.5. The molecule has 0 saturated heterocycles. The molecule has 0 radical (unpaired) electrons. The van der Waals surface area contributed by atoms with Gasteiger partial charge in [0.05, 0.1) is 39.1 Å². The molecule has 9 nitrogen and oxygen atoms in total. The quantitative estimate of drug-likeness (QED) is 0.546. The summed E-state index contributed by atoms with van der Waals surface area (Å²) in [5, 5.41) is 3.13. The Morgan fingerprint density at radius 2 is 1.61 bits per heavy atom. The molecule has 0 bridgehead atoms. The highest BCUT2D eigenvalue weighted by atomic mass is 32.1. The van der Waals surface area contributed by atoms with Crippen LogP contribution in [0.2, 0.25) is 0 Å². The molecule has 1 heterocycles. The van der Waals surface area contributed by atoms with E-state index in [1.165, 1.54) is 44.8 Å². The second-order valence-corrected chi connectivity index (χ2v) is 8.28. The van der Waals surface area contributed by atoms with Crippen molar-refractivity contribution < 1.29 is 38.1 Å². The second-order valence-electron chi connectivity index (χ2n) is 7.17. The highest BCUT2D eigenvalue weighted by Crippen LogP contribution is 2.39. The molecule has 0 fully saturated rings. The van der Waals surface area contributed by atoms with Gasteiger partial charge in [0.15, 0.2) is 18.1 Å². The molecular formula is C23H27NO8S. The number of methoxy groups -OCH3 is 3. The summed E-state index contributed by atoms with van der Waals surface area (Å²) in [6.07, 6.45) is 3.65. The number of benzene rings is 1. The first-order valence-corrected chi connectivity index (χ1v) is 11.3. The van der Waals surface area contributed by atoms with Crippen molar-refractivity contribution in [1.82, 2.24) is 0 Å². The minimum atomic E-state index is -0.736. The first-order chi connectivity index (χ1) is 15.9. The van der Waals surface area contributed by atoms with Crippen LogP contribution in [0.25, 0.3) is 0 Å². The van der Waals surface area contributed by atoms with Gasteiger partial charge in [-0.15, -0.1) is 11.3 Å².